The number of aliphatic carboxylic acids is 1. The maximum absolute atomic E-state index is 11.0. The molecule has 2 aromatic carbocycles. The zero-order chi connectivity index (χ0) is 19.4. The van der Waals surface area contributed by atoms with E-state index in [9.17, 15) is 4.79 Å². The molecule has 0 spiro atoms. The molecule has 1 aromatic heterocycles. The molecule has 3 aromatic rings. The highest BCUT2D eigenvalue weighted by Gasteiger charge is 2.13. The molecule has 0 atom stereocenters. The van der Waals surface area contributed by atoms with Crippen molar-refractivity contribution in [1.82, 2.24) is 0 Å². The second kappa shape index (κ2) is 8.12. The minimum Gasteiger partial charge on any atom is -0.489 e. The van der Waals surface area contributed by atoms with E-state index in [0.717, 1.165) is 46.3 Å². The monoisotopic (exact) mass is 364 g/mol. The van der Waals surface area contributed by atoms with Crippen molar-refractivity contribution in [3.63, 3.8) is 0 Å². The van der Waals surface area contributed by atoms with Crippen LogP contribution in [0.1, 0.15) is 42.7 Å². The van der Waals surface area contributed by atoms with Crippen LogP contribution in [0.3, 0.4) is 0 Å². The van der Waals surface area contributed by atoms with E-state index in [2.05, 4.69) is 25.6 Å². The molecule has 0 unspecified atom stereocenters. The molecular formula is C23H24O4. The number of rotatable bonds is 8. The van der Waals surface area contributed by atoms with Gasteiger partial charge in [0.2, 0.25) is 0 Å². The molecule has 0 aliphatic heterocycles. The molecule has 0 radical (unpaired) electrons. The Balaban J connectivity index is 1.89. The molecule has 0 aliphatic carbocycles. The standard InChI is InChI=1S/C23H24O4/c1-4-7-19-12-18-10-16(11-20(15(2)3)23(18)27-19)14-26-21-9-6-5-8-17(21)13-22(24)25/h5-6,8-12H,2,4,7,13-14H2,1,3H3,(H,24,25). The number of aryl methyl sites for hydroxylation is 1. The number of benzene rings is 2. The van der Waals surface area contributed by atoms with E-state index in [4.69, 9.17) is 14.3 Å². The summed E-state index contributed by atoms with van der Waals surface area (Å²) < 4.78 is 12.0. The third kappa shape index (κ3) is 4.40. The molecular weight excluding hydrogens is 340 g/mol. The fraction of sp³-hybridized carbons (Fsp3) is 0.261. The zero-order valence-corrected chi connectivity index (χ0v) is 15.7. The minimum atomic E-state index is -0.876. The van der Waals surface area contributed by atoms with E-state index in [0.29, 0.717) is 17.9 Å². The number of carboxylic acids is 1. The van der Waals surface area contributed by atoms with E-state index in [-0.39, 0.29) is 6.42 Å². The lowest BCUT2D eigenvalue weighted by molar-refractivity contribution is -0.136. The number of ether oxygens (including phenoxy) is 1. The Morgan fingerprint density at radius 1 is 1.22 bits per heavy atom. The van der Waals surface area contributed by atoms with Gasteiger partial charge in [-0.2, -0.15) is 0 Å². The zero-order valence-electron chi connectivity index (χ0n) is 15.7. The molecule has 4 heteroatoms. The lowest BCUT2D eigenvalue weighted by atomic mass is 10.0. The number of furan rings is 1. The molecule has 0 fully saturated rings. The van der Waals surface area contributed by atoms with Crippen molar-refractivity contribution in [3.05, 3.63) is 71.5 Å². The van der Waals surface area contributed by atoms with Gasteiger partial charge in [-0.1, -0.05) is 31.7 Å². The van der Waals surface area contributed by atoms with E-state index in [1.165, 1.54) is 0 Å². The SMILES string of the molecule is C=C(C)c1cc(COc2ccccc2CC(=O)O)cc2cc(CCC)oc12. The first kappa shape index (κ1) is 18.8. The Morgan fingerprint density at radius 3 is 2.70 bits per heavy atom. The van der Waals surface area contributed by atoms with Crippen LogP contribution in [0, 0.1) is 0 Å². The van der Waals surface area contributed by atoms with Gasteiger partial charge < -0.3 is 14.3 Å². The van der Waals surface area contributed by atoms with Crippen LogP contribution >= 0.6 is 0 Å². The summed E-state index contributed by atoms with van der Waals surface area (Å²) in [6.45, 7) is 8.51. The molecule has 1 N–H and O–H groups in total. The number of para-hydroxylation sites is 1. The van der Waals surface area contributed by atoms with Crippen LogP contribution in [0.25, 0.3) is 16.5 Å². The van der Waals surface area contributed by atoms with Gasteiger partial charge in [0.1, 0.15) is 23.7 Å². The van der Waals surface area contributed by atoms with Crippen LogP contribution in [0.15, 0.2) is 53.5 Å². The van der Waals surface area contributed by atoms with Gasteiger partial charge in [-0.3, -0.25) is 4.79 Å². The Labute approximate surface area is 159 Å². The van der Waals surface area contributed by atoms with Crippen LogP contribution in [0.2, 0.25) is 0 Å². The predicted molar refractivity (Wildman–Crippen MR) is 107 cm³/mol. The lowest BCUT2D eigenvalue weighted by Gasteiger charge is -2.12. The summed E-state index contributed by atoms with van der Waals surface area (Å²) in [5, 5.41) is 10.1. The van der Waals surface area contributed by atoms with Gasteiger partial charge in [0.15, 0.2) is 0 Å². The second-order valence-corrected chi connectivity index (χ2v) is 6.77. The number of carboxylic acid groups (broad SMARTS) is 1. The second-order valence-electron chi connectivity index (χ2n) is 6.77. The highest BCUT2D eigenvalue weighted by Crippen LogP contribution is 2.30. The smallest absolute Gasteiger partial charge is 0.307 e. The van der Waals surface area contributed by atoms with E-state index in [1.54, 1.807) is 12.1 Å². The topological polar surface area (TPSA) is 59.7 Å². The van der Waals surface area contributed by atoms with Crippen LogP contribution in [-0.2, 0) is 24.2 Å². The molecule has 0 amide bonds. The van der Waals surface area contributed by atoms with Crippen molar-refractivity contribution in [2.75, 3.05) is 0 Å². The average molecular weight is 364 g/mol. The number of hydrogen-bond donors (Lipinski definition) is 1. The average Bonchev–Trinajstić information content (AvgIpc) is 3.02. The van der Waals surface area contributed by atoms with E-state index in [1.807, 2.05) is 25.1 Å². The highest BCUT2D eigenvalue weighted by molar-refractivity contribution is 5.90. The Bertz CT molecular complexity index is 981. The number of hydrogen-bond acceptors (Lipinski definition) is 3. The fourth-order valence-electron chi connectivity index (χ4n) is 3.15. The predicted octanol–water partition coefficient (Wildman–Crippen LogP) is 5.62. The molecule has 1 heterocycles. The first-order valence-electron chi connectivity index (χ1n) is 9.11. The quantitative estimate of drug-likeness (QED) is 0.563. The van der Waals surface area contributed by atoms with Crippen molar-refractivity contribution >= 4 is 22.5 Å². The largest absolute Gasteiger partial charge is 0.489 e. The third-order valence-electron chi connectivity index (χ3n) is 4.39. The molecule has 0 bridgehead atoms. The summed E-state index contributed by atoms with van der Waals surface area (Å²) in [6.07, 6.45) is 1.87. The van der Waals surface area contributed by atoms with Gasteiger partial charge in [0.25, 0.3) is 0 Å². The van der Waals surface area contributed by atoms with E-state index < -0.39 is 5.97 Å². The molecule has 4 nitrogen and oxygen atoms in total. The van der Waals surface area contributed by atoms with Gasteiger partial charge in [0, 0.05) is 22.9 Å². The van der Waals surface area contributed by atoms with Crippen LogP contribution in [0.5, 0.6) is 5.75 Å². The lowest BCUT2D eigenvalue weighted by Crippen LogP contribution is -2.04. The van der Waals surface area contributed by atoms with Crippen molar-refractivity contribution in [1.29, 1.82) is 0 Å². The Hall–Kier alpha value is -3.01. The summed E-state index contributed by atoms with van der Waals surface area (Å²) in [6, 6.07) is 13.4. The normalized spacial score (nSPS) is 10.9. The first-order valence-corrected chi connectivity index (χ1v) is 9.11. The summed E-state index contributed by atoms with van der Waals surface area (Å²) >= 11 is 0. The molecule has 0 aliphatic rings. The molecule has 3 rings (SSSR count). The summed E-state index contributed by atoms with van der Waals surface area (Å²) in [7, 11) is 0. The maximum Gasteiger partial charge on any atom is 0.307 e. The van der Waals surface area contributed by atoms with Crippen LogP contribution < -0.4 is 4.74 Å². The molecule has 140 valence electrons. The minimum absolute atomic E-state index is 0.0612. The highest BCUT2D eigenvalue weighted by atomic mass is 16.5. The number of carbonyl (C=O) groups is 1. The molecule has 0 saturated carbocycles. The van der Waals surface area contributed by atoms with Gasteiger partial charge in [-0.25, -0.2) is 0 Å². The van der Waals surface area contributed by atoms with Crippen molar-refractivity contribution in [3.8, 4) is 5.75 Å². The Morgan fingerprint density at radius 2 is 2.00 bits per heavy atom. The first-order chi connectivity index (χ1) is 13.0. The number of fused-ring (bicyclic) bond motifs is 1. The summed E-state index contributed by atoms with van der Waals surface area (Å²) in [5.74, 6) is 0.689. The van der Waals surface area contributed by atoms with Crippen LogP contribution in [-0.4, -0.2) is 11.1 Å². The van der Waals surface area contributed by atoms with Gasteiger partial charge in [0.05, 0.1) is 6.42 Å². The van der Waals surface area contributed by atoms with Gasteiger partial charge in [-0.15, -0.1) is 0 Å². The van der Waals surface area contributed by atoms with Gasteiger partial charge >= 0.3 is 5.97 Å². The molecule has 0 saturated heterocycles. The summed E-state index contributed by atoms with van der Waals surface area (Å²) in [4.78, 5) is 11.0. The van der Waals surface area contributed by atoms with E-state index >= 15 is 0 Å². The van der Waals surface area contributed by atoms with Crippen molar-refractivity contribution in [2.24, 2.45) is 0 Å². The van der Waals surface area contributed by atoms with Crippen LogP contribution in [0.4, 0.5) is 0 Å². The Kier molecular flexibility index (Phi) is 5.65. The van der Waals surface area contributed by atoms with Gasteiger partial charge in [-0.05, 0) is 48.7 Å². The maximum atomic E-state index is 11.0. The third-order valence-corrected chi connectivity index (χ3v) is 4.39. The van der Waals surface area contributed by atoms with Crippen molar-refractivity contribution < 1.29 is 19.1 Å². The molecule has 27 heavy (non-hydrogen) atoms. The fourth-order valence-corrected chi connectivity index (χ4v) is 3.15. The van der Waals surface area contributed by atoms with Crippen molar-refractivity contribution in [2.45, 2.75) is 39.7 Å². The number of allylic oxidation sites excluding steroid dienone is 1. The summed E-state index contributed by atoms with van der Waals surface area (Å²) in [5.41, 5.74) is 4.44.